The van der Waals surface area contributed by atoms with Gasteiger partial charge >= 0.3 is 0 Å². The number of rotatable bonds is 3. The molecule has 0 radical (unpaired) electrons. The molecule has 0 aliphatic rings. The Morgan fingerprint density at radius 2 is 1.94 bits per heavy atom. The van der Waals surface area contributed by atoms with E-state index in [9.17, 15) is 0 Å². The van der Waals surface area contributed by atoms with E-state index in [-0.39, 0.29) is 0 Å². The molecule has 0 bridgehead atoms. The third kappa shape index (κ3) is 3.01. The van der Waals surface area contributed by atoms with E-state index in [2.05, 4.69) is 15.9 Å². The first-order chi connectivity index (χ1) is 8.19. The Morgan fingerprint density at radius 3 is 2.65 bits per heavy atom. The van der Waals surface area contributed by atoms with Gasteiger partial charge in [-0.05, 0) is 48.4 Å². The van der Waals surface area contributed by atoms with Gasteiger partial charge in [0.25, 0.3) is 0 Å². The molecule has 0 amide bonds. The normalized spacial score (nSPS) is 10.2. The molecule has 3 heteroatoms. The first-order valence-corrected chi connectivity index (χ1v) is 6.27. The summed E-state index contributed by atoms with van der Waals surface area (Å²) in [4.78, 5) is 0. The maximum Gasteiger partial charge on any atom is 0.119 e. The van der Waals surface area contributed by atoms with Crippen LogP contribution in [0.1, 0.15) is 6.92 Å². The second-order valence-electron chi connectivity index (χ2n) is 3.73. The molecule has 88 valence electrons. The highest BCUT2D eigenvalue weighted by molar-refractivity contribution is 9.10. The summed E-state index contributed by atoms with van der Waals surface area (Å²) in [7, 11) is 0. The average Bonchev–Trinajstić information content (AvgIpc) is 2.28. The number of hydrogen-bond acceptors (Lipinski definition) is 2. The minimum Gasteiger partial charge on any atom is -0.494 e. The molecule has 0 aromatic heterocycles. The van der Waals surface area contributed by atoms with Gasteiger partial charge in [0.2, 0.25) is 0 Å². The number of nitrogens with two attached hydrogens (primary N) is 1. The van der Waals surface area contributed by atoms with Crippen molar-refractivity contribution in [1.29, 1.82) is 0 Å². The predicted octanol–water partition coefficient (Wildman–Crippen LogP) is 4.10. The third-order valence-electron chi connectivity index (χ3n) is 2.40. The van der Waals surface area contributed by atoms with Crippen LogP contribution in [0.15, 0.2) is 46.9 Å². The van der Waals surface area contributed by atoms with Crippen LogP contribution < -0.4 is 10.5 Å². The maximum absolute atomic E-state index is 5.83. The van der Waals surface area contributed by atoms with Crippen LogP contribution in [0.5, 0.6) is 5.75 Å². The fourth-order valence-corrected chi connectivity index (χ4v) is 2.22. The van der Waals surface area contributed by atoms with Gasteiger partial charge in [0, 0.05) is 10.2 Å². The summed E-state index contributed by atoms with van der Waals surface area (Å²) in [5.74, 6) is 0.878. The fraction of sp³-hybridized carbons (Fsp3) is 0.143. The molecule has 2 rings (SSSR count). The van der Waals surface area contributed by atoms with Crippen LogP contribution in [-0.2, 0) is 0 Å². The van der Waals surface area contributed by atoms with Crippen molar-refractivity contribution in [3.05, 3.63) is 46.9 Å². The van der Waals surface area contributed by atoms with Crippen LogP contribution in [0.25, 0.3) is 11.1 Å². The second kappa shape index (κ2) is 5.23. The van der Waals surface area contributed by atoms with Crippen LogP contribution in [0.3, 0.4) is 0 Å². The van der Waals surface area contributed by atoms with Crippen LogP contribution in [0.4, 0.5) is 5.69 Å². The topological polar surface area (TPSA) is 35.2 Å². The average molecular weight is 292 g/mol. The van der Waals surface area contributed by atoms with Gasteiger partial charge in [0.1, 0.15) is 5.75 Å². The Morgan fingerprint density at radius 1 is 1.12 bits per heavy atom. The van der Waals surface area contributed by atoms with E-state index < -0.39 is 0 Å². The largest absolute Gasteiger partial charge is 0.494 e. The lowest BCUT2D eigenvalue weighted by atomic mass is 10.1. The molecule has 0 fully saturated rings. The zero-order valence-electron chi connectivity index (χ0n) is 9.61. The minimum atomic E-state index is 0.671. The summed E-state index contributed by atoms with van der Waals surface area (Å²) in [5, 5.41) is 0. The molecule has 2 N–H and O–H groups in total. The fourth-order valence-electron chi connectivity index (χ4n) is 1.71. The van der Waals surface area contributed by atoms with E-state index >= 15 is 0 Å². The molecular weight excluding hydrogens is 278 g/mol. The molecule has 0 spiro atoms. The second-order valence-corrected chi connectivity index (χ2v) is 4.65. The van der Waals surface area contributed by atoms with Crippen molar-refractivity contribution in [3.63, 3.8) is 0 Å². The van der Waals surface area contributed by atoms with Gasteiger partial charge in [0.05, 0.1) is 6.61 Å². The number of ether oxygens (including phenoxy) is 1. The smallest absolute Gasteiger partial charge is 0.119 e. The lowest BCUT2D eigenvalue weighted by Gasteiger charge is -2.07. The van der Waals surface area contributed by atoms with E-state index in [1.165, 1.54) is 0 Å². The number of anilines is 1. The summed E-state index contributed by atoms with van der Waals surface area (Å²) in [6.45, 7) is 2.65. The van der Waals surface area contributed by atoms with Crippen molar-refractivity contribution < 1.29 is 4.74 Å². The monoisotopic (exact) mass is 291 g/mol. The van der Waals surface area contributed by atoms with E-state index in [1.54, 1.807) is 0 Å². The van der Waals surface area contributed by atoms with Crippen molar-refractivity contribution in [3.8, 4) is 16.9 Å². The summed E-state index contributed by atoms with van der Waals surface area (Å²) in [5.41, 5.74) is 8.76. The molecule has 17 heavy (non-hydrogen) atoms. The van der Waals surface area contributed by atoms with E-state index in [0.29, 0.717) is 6.61 Å². The molecule has 0 saturated heterocycles. The highest BCUT2D eigenvalue weighted by Gasteiger charge is 2.02. The number of hydrogen-bond donors (Lipinski definition) is 1. The summed E-state index contributed by atoms with van der Waals surface area (Å²) >= 11 is 3.45. The minimum absolute atomic E-state index is 0.671. The number of halogens is 1. The zero-order valence-corrected chi connectivity index (χ0v) is 11.2. The van der Waals surface area contributed by atoms with Crippen LogP contribution in [-0.4, -0.2) is 6.61 Å². The Hall–Kier alpha value is -1.48. The van der Waals surface area contributed by atoms with Crippen LogP contribution in [0, 0.1) is 0 Å². The molecule has 0 heterocycles. The van der Waals surface area contributed by atoms with Gasteiger partial charge in [0.15, 0.2) is 0 Å². The molecule has 0 aliphatic carbocycles. The van der Waals surface area contributed by atoms with Gasteiger partial charge in [-0.1, -0.05) is 28.1 Å². The van der Waals surface area contributed by atoms with Gasteiger partial charge in [-0.3, -0.25) is 0 Å². The Bertz CT molecular complexity index is 505. The van der Waals surface area contributed by atoms with E-state index in [0.717, 1.165) is 27.0 Å². The first-order valence-electron chi connectivity index (χ1n) is 5.48. The van der Waals surface area contributed by atoms with E-state index in [1.807, 2.05) is 49.4 Å². The first kappa shape index (κ1) is 12.0. The van der Waals surface area contributed by atoms with Crippen molar-refractivity contribution in [2.45, 2.75) is 6.92 Å². The standard InChI is InChI=1S/C14H14BrNO/c1-2-17-14-5-3-4-10(8-14)11-6-12(15)9-13(16)7-11/h3-9H,2,16H2,1H3. The summed E-state index contributed by atoms with van der Waals surface area (Å²) < 4.78 is 6.47. The lowest BCUT2D eigenvalue weighted by Crippen LogP contribution is -1.91. The molecule has 2 aromatic carbocycles. The number of nitrogen functional groups attached to an aromatic ring is 1. The molecule has 0 atom stereocenters. The third-order valence-corrected chi connectivity index (χ3v) is 2.86. The highest BCUT2D eigenvalue weighted by atomic mass is 79.9. The van der Waals surface area contributed by atoms with Crippen molar-refractivity contribution in [2.24, 2.45) is 0 Å². The van der Waals surface area contributed by atoms with Crippen molar-refractivity contribution in [2.75, 3.05) is 12.3 Å². The van der Waals surface area contributed by atoms with Crippen molar-refractivity contribution in [1.82, 2.24) is 0 Å². The Kier molecular flexibility index (Phi) is 3.69. The molecule has 0 saturated carbocycles. The molecule has 2 nitrogen and oxygen atoms in total. The SMILES string of the molecule is CCOc1cccc(-c2cc(N)cc(Br)c2)c1. The zero-order chi connectivity index (χ0) is 12.3. The maximum atomic E-state index is 5.83. The van der Waals surface area contributed by atoms with Gasteiger partial charge in [-0.15, -0.1) is 0 Å². The molecule has 0 unspecified atom stereocenters. The Balaban J connectivity index is 2.41. The quantitative estimate of drug-likeness (QED) is 0.864. The number of benzene rings is 2. The van der Waals surface area contributed by atoms with Crippen molar-refractivity contribution >= 4 is 21.6 Å². The molecular formula is C14H14BrNO. The molecule has 0 aliphatic heterocycles. The van der Waals surface area contributed by atoms with Crippen LogP contribution >= 0.6 is 15.9 Å². The summed E-state index contributed by atoms with van der Waals surface area (Å²) in [6.07, 6.45) is 0. The van der Waals surface area contributed by atoms with Gasteiger partial charge < -0.3 is 10.5 Å². The van der Waals surface area contributed by atoms with Gasteiger partial charge in [-0.25, -0.2) is 0 Å². The lowest BCUT2D eigenvalue weighted by molar-refractivity contribution is 0.340. The Labute approximate surface area is 110 Å². The van der Waals surface area contributed by atoms with Crippen LogP contribution in [0.2, 0.25) is 0 Å². The summed E-state index contributed by atoms with van der Waals surface area (Å²) in [6, 6.07) is 13.9. The van der Waals surface area contributed by atoms with Gasteiger partial charge in [-0.2, -0.15) is 0 Å². The highest BCUT2D eigenvalue weighted by Crippen LogP contribution is 2.28. The molecule has 2 aromatic rings. The predicted molar refractivity (Wildman–Crippen MR) is 75.2 cm³/mol. The van der Waals surface area contributed by atoms with E-state index in [4.69, 9.17) is 10.5 Å².